The Labute approximate surface area is 183 Å². The minimum atomic E-state index is -4.07. The minimum absolute atomic E-state index is 0.000149. The molecule has 2 fully saturated rings. The monoisotopic (exact) mass is 548 g/mol. The molecule has 0 amide bonds. The van der Waals surface area contributed by atoms with E-state index in [1.54, 1.807) is 0 Å². The maximum atomic E-state index is 13.4. The molecular weight excluding hydrogens is 525 g/mol. The molecule has 2 saturated carbocycles. The van der Waals surface area contributed by atoms with Gasteiger partial charge in [0.2, 0.25) is 0 Å². The van der Waals surface area contributed by atoms with Gasteiger partial charge in [-0.3, -0.25) is 0 Å². The average molecular weight is 548 g/mol. The predicted octanol–water partition coefficient (Wildman–Crippen LogP) is 5.17. The fourth-order valence-electron chi connectivity index (χ4n) is 4.81. The Hall–Kier alpha value is -1.39. The standard InChI is InChI=1S/C22H23F2IO4S/c1-21(2)15-11-12-22(21,20(26)13-15)14-30(27,28)29-25(18-7-3-16(23)4-8-18)19-9-5-17(24)6-10-19/h3-10,15H,11-14H2,1-2H3. The summed E-state index contributed by atoms with van der Waals surface area (Å²) in [5.41, 5.74) is -1.32. The van der Waals surface area contributed by atoms with Gasteiger partial charge in [0.15, 0.2) is 0 Å². The number of hydrogen-bond donors (Lipinski definition) is 0. The van der Waals surface area contributed by atoms with Crippen molar-refractivity contribution < 1.29 is 24.5 Å². The Kier molecular flexibility index (Phi) is 5.55. The van der Waals surface area contributed by atoms with E-state index < -0.39 is 52.8 Å². The summed E-state index contributed by atoms with van der Waals surface area (Å²) in [6, 6.07) is 11.0. The van der Waals surface area contributed by atoms with Gasteiger partial charge < -0.3 is 0 Å². The molecule has 0 aliphatic heterocycles. The van der Waals surface area contributed by atoms with E-state index in [9.17, 15) is 22.0 Å². The van der Waals surface area contributed by atoms with E-state index in [4.69, 9.17) is 2.51 Å². The van der Waals surface area contributed by atoms with Crippen LogP contribution in [0.3, 0.4) is 0 Å². The number of carbonyl (C=O) groups is 1. The summed E-state index contributed by atoms with van der Waals surface area (Å²) in [5.74, 6) is -1.03. The Balaban J connectivity index is 1.67. The van der Waals surface area contributed by atoms with Gasteiger partial charge in [-0.05, 0) is 0 Å². The van der Waals surface area contributed by atoms with E-state index in [-0.39, 0.29) is 17.5 Å². The van der Waals surface area contributed by atoms with E-state index in [1.807, 2.05) is 13.8 Å². The SMILES string of the molecule is CC1(C)C2CCC1(CS(=O)(=O)OI(c1ccc(F)cc1)c1ccc(F)cc1)C(=O)C2. The van der Waals surface area contributed by atoms with Gasteiger partial charge in [-0.1, -0.05) is 0 Å². The van der Waals surface area contributed by atoms with Crippen molar-refractivity contribution >= 4 is 36.1 Å². The number of fused-ring (bicyclic) bond motifs is 2. The van der Waals surface area contributed by atoms with Crippen LogP contribution in [0, 0.1) is 35.5 Å². The number of carbonyl (C=O) groups excluding carboxylic acids is 1. The molecule has 0 N–H and O–H groups in total. The number of rotatable bonds is 6. The van der Waals surface area contributed by atoms with Gasteiger partial charge in [0.05, 0.1) is 0 Å². The van der Waals surface area contributed by atoms with Gasteiger partial charge in [-0.15, -0.1) is 0 Å². The molecule has 0 spiro atoms. The molecule has 0 heterocycles. The van der Waals surface area contributed by atoms with Crippen molar-refractivity contribution in [3.63, 3.8) is 0 Å². The fourth-order valence-corrected chi connectivity index (χ4v) is 12.5. The van der Waals surface area contributed by atoms with Crippen molar-refractivity contribution in [1.82, 2.24) is 0 Å². The molecule has 0 aromatic heterocycles. The van der Waals surface area contributed by atoms with Crippen molar-refractivity contribution in [3.8, 4) is 0 Å². The number of halogens is 3. The van der Waals surface area contributed by atoms with Crippen LogP contribution in [0.15, 0.2) is 48.5 Å². The molecule has 2 unspecified atom stereocenters. The van der Waals surface area contributed by atoms with E-state index >= 15 is 0 Å². The number of hydrogen-bond acceptors (Lipinski definition) is 4. The molecule has 2 aromatic carbocycles. The Bertz CT molecular complexity index is 1020. The van der Waals surface area contributed by atoms with Crippen molar-refractivity contribution in [2.24, 2.45) is 16.7 Å². The van der Waals surface area contributed by atoms with E-state index in [1.165, 1.54) is 48.5 Å². The molecule has 30 heavy (non-hydrogen) atoms. The van der Waals surface area contributed by atoms with Crippen LogP contribution in [0.5, 0.6) is 0 Å². The molecule has 8 heteroatoms. The third-order valence-electron chi connectivity index (χ3n) is 6.72. The average Bonchev–Trinajstić information content (AvgIpc) is 3.02. The molecule has 4 nitrogen and oxygen atoms in total. The van der Waals surface area contributed by atoms with Crippen molar-refractivity contribution in [1.29, 1.82) is 0 Å². The molecule has 0 radical (unpaired) electrons. The van der Waals surface area contributed by atoms with Crippen LogP contribution in [0.25, 0.3) is 0 Å². The van der Waals surface area contributed by atoms with Crippen LogP contribution in [0.2, 0.25) is 0 Å². The first-order chi connectivity index (χ1) is 14.0. The summed E-state index contributed by atoms with van der Waals surface area (Å²) in [5, 5.41) is 0. The second kappa shape index (κ2) is 7.63. The second-order valence-electron chi connectivity index (χ2n) is 8.55. The van der Waals surface area contributed by atoms with Crippen LogP contribution in [0.4, 0.5) is 8.78 Å². The maximum absolute atomic E-state index is 13.4. The van der Waals surface area contributed by atoms with Crippen molar-refractivity contribution in [2.45, 2.75) is 33.1 Å². The van der Waals surface area contributed by atoms with E-state index in [0.29, 0.717) is 20.0 Å². The molecule has 0 saturated heterocycles. The quantitative estimate of drug-likeness (QED) is 0.468. The molecule has 2 aromatic rings. The topological polar surface area (TPSA) is 60.4 Å². The van der Waals surface area contributed by atoms with Crippen LogP contribution in [-0.2, 0) is 17.4 Å². The zero-order chi connectivity index (χ0) is 21.7. The summed E-state index contributed by atoms with van der Waals surface area (Å²) in [6.45, 7) is 3.95. The Morgan fingerprint density at radius 1 is 1.00 bits per heavy atom. The van der Waals surface area contributed by atoms with E-state index in [0.717, 1.165) is 6.42 Å². The second-order valence-corrected chi connectivity index (χ2v) is 15.1. The summed E-state index contributed by atoms with van der Waals surface area (Å²) < 4.78 is 60.2. The summed E-state index contributed by atoms with van der Waals surface area (Å²) >= 11 is -3.02. The third-order valence-corrected chi connectivity index (χ3v) is 14.3. The molecule has 2 aliphatic carbocycles. The van der Waals surface area contributed by atoms with Crippen molar-refractivity contribution in [3.05, 3.63) is 67.3 Å². The van der Waals surface area contributed by atoms with Crippen LogP contribution in [-0.4, -0.2) is 20.0 Å². The first kappa shape index (κ1) is 21.8. The number of Topliss-reactive ketones (excluding diaryl/α,β-unsaturated/α-hetero) is 1. The normalized spacial score (nSPS) is 25.5. The van der Waals surface area contributed by atoms with Crippen LogP contribution < -0.4 is 0 Å². The molecule has 2 atom stereocenters. The molecular formula is C22H23F2IO4S. The Morgan fingerprint density at radius 2 is 1.50 bits per heavy atom. The molecule has 4 rings (SSSR count). The first-order valence-electron chi connectivity index (χ1n) is 9.71. The van der Waals surface area contributed by atoms with Crippen LogP contribution >= 0.6 is 20.2 Å². The number of benzene rings is 2. The predicted molar refractivity (Wildman–Crippen MR) is 118 cm³/mol. The first-order valence-corrected chi connectivity index (χ1v) is 14.3. The van der Waals surface area contributed by atoms with Gasteiger partial charge in [0, 0.05) is 0 Å². The van der Waals surface area contributed by atoms with Gasteiger partial charge in [-0.25, -0.2) is 0 Å². The number of ketones is 1. The van der Waals surface area contributed by atoms with Gasteiger partial charge in [-0.2, -0.15) is 0 Å². The fraction of sp³-hybridized carbons (Fsp3) is 0.409. The molecule has 2 aliphatic rings. The van der Waals surface area contributed by atoms with Crippen LogP contribution in [0.1, 0.15) is 33.1 Å². The van der Waals surface area contributed by atoms with Crippen molar-refractivity contribution in [2.75, 3.05) is 5.75 Å². The van der Waals surface area contributed by atoms with E-state index in [2.05, 4.69) is 0 Å². The molecule has 162 valence electrons. The summed E-state index contributed by atoms with van der Waals surface area (Å²) in [7, 11) is -4.07. The summed E-state index contributed by atoms with van der Waals surface area (Å²) in [4.78, 5) is 12.8. The zero-order valence-corrected chi connectivity index (χ0v) is 19.7. The third kappa shape index (κ3) is 3.71. The van der Waals surface area contributed by atoms with Gasteiger partial charge >= 0.3 is 184 Å². The van der Waals surface area contributed by atoms with Gasteiger partial charge in [0.1, 0.15) is 0 Å². The summed E-state index contributed by atoms with van der Waals surface area (Å²) in [6.07, 6.45) is 1.81. The van der Waals surface area contributed by atoms with Gasteiger partial charge in [0.25, 0.3) is 0 Å². The Morgan fingerprint density at radius 3 is 1.90 bits per heavy atom. The molecule has 2 bridgehead atoms. The zero-order valence-electron chi connectivity index (χ0n) is 16.7.